The smallest absolute Gasteiger partial charge is 0.316 e. The molecule has 1 amide bonds. The SMILES string of the molecule is Cc1nn(-c2ccc(Br)cc2)cc1-c1noc(C(=O)NCC2CCCO2)n1. The molecule has 1 saturated heterocycles. The van der Waals surface area contributed by atoms with Gasteiger partial charge >= 0.3 is 11.8 Å². The molecule has 0 radical (unpaired) electrons. The molecule has 8 nitrogen and oxygen atoms in total. The quantitative estimate of drug-likeness (QED) is 0.666. The fourth-order valence-corrected chi connectivity index (χ4v) is 3.18. The van der Waals surface area contributed by atoms with E-state index in [9.17, 15) is 4.79 Å². The average Bonchev–Trinajstić information content (AvgIpc) is 3.41. The summed E-state index contributed by atoms with van der Waals surface area (Å²) in [5.74, 6) is -0.140. The van der Waals surface area contributed by atoms with Gasteiger partial charge in [0.1, 0.15) is 0 Å². The second-order valence-corrected chi connectivity index (χ2v) is 7.23. The average molecular weight is 432 g/mol. The Morgan fingerprint density at radius 3 is 2.93 bits per heavy atom. The topological polar surface area (TPSA) is 95.1 Å². The van der Waals surface area contributed by atoms with Crippen LogP contribution in [0.1, 0.15) is 29.2 Å². The molecule has 0 bridgehead atoms. The molecule has 1 aliphatic rings. The molecule has 9 heteroatoms. The molecule has 0 spiro atoms. The molecule has 3 aromatic rings. The Kier molecular flexibility index (Phi) is 5.04. The zero-order valence-corrected chi connectivity index (χ0v) is 16.3. The number of carbonyl (C=O) groups excluding carboxylic acids is 1. The number of rotatable bonds is 5. The molecule has 3 heterocycles. The third-order valence-electron chi connectivity index (χ3n) is 4.37. The van der Waals surface area contributed by atoms with Gasteiger partial charge in [0, 0.05) is 23.8 Å². The largest absolute Gasteiger partial charge is 0.376 e. The predicted octanol–water partition coefficient (Wildman–Crippen LogP) is 2.90. The third kappa shape index (κ3) is 3.93. The van der Waals surface area contributed by atoms with Gasteiger partial charge in [-0.3, -0.25) is 4.79 Å². The van der Waals surface area contributed by atoms with Crippen molar-refractivity contribution in [2.24, 2.45) is 0 Å². The maximum atomic E-state index is 12.2. The maximum Gasteiger partial charge on any atom is 0.316 e. The fraction of sp³-hybridized carbons (Fsp3) is 0.333. The van der Waals surface area contributed by atoms with Crippen molar-refractivity contribution in [2.75, 3.05) is 13.2 Å². The Morgan fingerprint density at radius 1 is 1.37 bits per heavy atom. The monoisotopic (exact) mass is 431 g/mol. The highest BCUT2D eigenvalue weighted by molar-refractivity contribution is 9.10. The lowest BCUT2D eigenvalue weighted by Crippen LogP contribution is -2.31. The molecule has 1 N–H and O–H groups in total. The van der Waals surface area contributed by atoms with E-state index in [4.69, 9.17) is 9.26 Å². The van der Waals surface area contributed by atoms with Crippen LogP contribution < -0.4 is 5.32 Å². The van der Waals surface area contributed by atoms with Gasteiger partial charge < -0.3 is 14.6 Å². The highest BCUT2D eigenvalue weighted by Gasteiger charge is 2.21. The van der Waals surface area contributed by atoms with Crippen LogP contribution in [-0.4, -0.2) is 45.1 Å². The first-order valence-electron chi connectivity index (χ1n) is 8.66. The minimum absolute atomic E-state index is 0.0581. The molecule has 140 valence electrons. The molecule has 1 aliphatic heterocycles. The van der Waals surface area contributed by atoms with Crippen LogP contribution in [0.5, 0.6) is 0 Å². The Balaban J connectivity index is 1.49. The highest BCUT2D eigenvalue weighted by atomic mass is 79.9. The number of nitrogens with zero attached hydrogens (tertiary/aromatic N) is 4. The molecular weight excluding hydrogens is 414 g/mol. The molecule has 1 unspecified atom stereocenters. The van der Waals surface area contributed by atoms with Gasteiger partial charge in [0.25, 0.3) is 0 Å². The number of ether oxygens (including phenoxy) is 1. The minimum atomic E-state index is -0.401. The number of aromatic nitrogens is 4. The normalized spacial score (nSPS) is 16.6. The summed E-state index contributed by atoms with van der Waals surface area (Å²) in [4.78, 5) is 16.4. The third-order valence-corrected chi connectivity index (χ3v) is 4.89. The van der Waals surface area contributed by atoms with E-state index in [0.717, 1.165) is 35.3 Å². The number of hydrogen-bond acceptors (Lipinski definition) is 6. The van der Waals surface area contributed by atoms with Crippen LogP contribution in [-0.2, 0) is 4.74 Å². The van der Waals surface area contributed by atoms with Gasteiger partial charge in [-0.25, -0.2) is 4.68 Å². The van der Waals surface area contributed by atoms with Gasteiger partial charge in [0.15, 0.2) is 0 Å². The van der Waals surface area contributed by atoms with Gasteiger partial charge in [-0.2, -0.15) is 10.1 Å². The van der Waals surface area contributed by atoms with Crippen LogP contribution in [0.15, 0.2) is 39.5 Å². The van der Waals surface area contributed by atoms with Crippen molar-refractivity contribution in [3.05, 3.63) is 46.5 Å². The minimum Gasteiger partial charge on any atom is -0.376 e. The molecular formula is C18H18BrN5O3. The zero-order chi connectivity index (χ0) is 18.8. The van der Waals surface area contributed by atoms with E-state index in [1.165, 1.54) is 0 Å². The summed E-state index contributed by atoms with van der Waals surface area (Å²) in [5, 5.41) is 11.2. The van der Waals surface area contributed by atoms with Gasteiger partial charge in [0.05, 0.1) is 23.0 Å². The molecule has 4 rings (SSSR count). The predicted molar refractivity (Wildman–Crippen MR) is 101 cm³/mol. The van der Waals surface area contributed by atoms with Crippen molar-refractivity contribution in [3.63, 3.8) is 0 Å². The van der Waals surface area contributed by atoms with Crippen LogP contribution in [0.2, 0.25) is 0 Å². The fourth-order valence-electron chi connectivity index (χ4n) is 2.92. The van der Waals surface area contributed by atoms with Crippen LogP contribution in [0, 0.1) is 6.92 Å². The second kappa shape index (κ2) is 7.61. The van der Waals surface area contributed by atoms with Crippen LogP contribution in [0.25, 0.3) is 17.1 Å². The van der Waals surface area contributed by atoms with Crippen molar-refractivity contribution in [3.8, 4) is 17.1 Å². The lowest BCUT2D eigenvalue weighted by molar-refractivity contribution is 0.0822. The number of amides is 1. The molecule has 1 atom stereocenters. The first-order valence-corrected chi connectivity index (χ1v) is 9.45. The van der Waals surface area contributed by atoms with E-state index in [1.807, 2.05) is 37.4 Å². The lowest BCUT2D eigenvalue weighted by Gasteiger charge is -2.08. The summed E-state index contributed by atoms with van der Waals surface area (Å²) in [6.45, 7) is 3.04. The zero-order valence-electron chi connectivity index (χ0n) is 14.7. The first-order chi connectivity index (χ1) is 13.1. The Morgan fingerprint density at radius 2 is 2.19 bits per heavy atom. The van der Waals surface area contributed by atoms with Crippen molar-refractivity contribution < 1.29 is 14.1 Å². The summed E-state index contributed by atoms with van der Waals surface area (Å²) in [6.07, 6.45) is 3.84. The van der Waals surface area contributed by atoms with E-state index < -0.39 is 5.91 Å². The Bertz CT molecular complexity index is 944. The number of nitrogens with one attached hydrogen (secondary N) is 1. The first kappa shape index (κ1) is 17.9. The standard InChI is InChI=1S/C18H18BrN5O3/c1-11-15(10-24(22-11)13-6-4-12(19)5-7-13)16-21-18(27-23-16)17(25)20-9-14-3-2-8-26-14/h4-7,10,14H,2-3,8-9H2,1H3,(H,20,25). The number of benzene rings is 1. The van der Waals surface area contributed by atoms with Gasteiger partial charge in [-0.05, 0) is 44.0 Å². The van der Waals surface area contributed by atoms with Crippen LogP contribution in [0.3, 0.4) is 0 Å². The molecule has 1 aromatic carbocycles. The Hall–Kier alpha value is -2.52. The van der Waals surface area contributed by atoms with Gasteiger partial charge in [0.2, 0.25) is 5.82 Å². The van der Waals surface area contributed by atoms with Crippen LogP contribution >= 0.6 is 15.9 Å². The molecule has 0 saturated carbocycles. The van der Waals surface area contributed by atoms with Gasteiger partial charge in [-0.15, -0.1) is 0 Å². The number of halogens is 1. The molecule has 1 fully saturated rings. The van der Waals surface area contributed by atoms with E-state index in [0.29, 0.717) is 17.9 Å². The summed E-state index contributed by atoms with van der Waals surface area (Å²) in [7, 11) is 0. The molecule has 0 aliphatic carbocycles. The van der Waals surface area contributed by atoms with E-state index in [2.05, 4.69) is 36.5 Å². The van der Waals surface area contributed by atoms with Crippen molar-refractivity contribution >= 4 is 21.8 Å². The summed E-state index contributed by atoms with van der Waals surface area (Å²) in [5.41, 5.74) is 2.36. The van der Waals surface area contributed by atoms with E-state index in [1.54, 1.807) is 4.68 Å². The second-order valence-electron chi connectivity index (χ2n) is 6.32. The van der Waals surface area contributed by atoms with Crippen LogP contribution in [0.4, 0.5) is 0 Å². The summed E-state index contributed by atoms with van der Waals surface area (Å²) in [6, 6.07) is 7.77. The number of aryl methyl sites for hydroxylation is 1. The van der Waals surface area contributed by atoms with Crippen molar-refractivity contribution in [1.82, 2.24) is 25.2 Å². The summed E-state index contributed by atoms with van der Waals surface area (Å²) >= 11 is 3.42. The maximum absolute atomic E-state index is 12.2. The molecule has 2 aromatic heterocycles. The Labute approximate surface area is 164 Å². The molecule has 27 heavy (non-hydrogen) atoms. The number of carbonyl (C=O) groups is 1. The van der Waals surface area contributed by atoms with Gasteiger partial charge in [-0.1, -0.05) is 21.1 Å². The van der Waals surface area contributed by atoms with E-state index in [-0.39, 0.29) is 12.0 Å². The highest BCUT2D eigenvalue weighted by Crippen LogP contribution is 2.22. The summed E-state index contributed by atoms with van der Waals surface area (Å²) < 4.78 is 13.3. The van der Waals surface area contributed by atoms with Crippen molar-refractivity contribution in [2.45, 2.75) is 25.9 Å². The van der Waals surface area contributed by atoms with E-state index >= 15 is 0 Å². The van der Waals surface area contributed by atoms with Crippen molar-refractivity contribution in [1.29, 1.82) is 0 Å². The lowest BCUT2D eigenvalue weighted by atomic mass is 10.2. The number of hydrogen-bond donors (Lipinski definition) is 1.